The van der Waals surface area contributed by atoms with E-state index in [0.29, 0.717) is 6.04 Å². The first-order chi connectivity index (χ1) is 12.2. The largest absolute Gasteiger partial charge is 0.478 e. The topological polar surface area (TPSA) is 78.6 Å². The third-order valence-electron chi connectivity index (χ3n) is 4.91. The molecule has 0 spiro atoms. The standard InChI is InChI=1S/C19H25N3O3/c23-14-17-4-1-2-10-21(17)11-3-12-22-13-9-20-18(22)15-5-7-16(8-6-15)19(24)25/h5-9,13,17,23H,1-4,10-12,14H2,(H,24,25)/t17-/m1/s1. The Kier molecular flexibility index (Phi) is 5.83. The Hall–Kier alpha value is -2.18. The first-order valence-electron chi connectivity index (χ1n) is 8.89. The number of carboxylic acid groups (broad SMARTS) is 1. The molecule has 0 unspecified atom stereocenters. The molecule has 0 bridgehead atoms. The molecule has 1 aromatic carbocycles. The average molecular weight is 343 g/mol. The minimum atomic E-state index is -0.921. The number of aliphatic hydroxyl groups is 1. The van der Waals surface area contributed by atoms with Gasteiger partial charge in [-0.1, -0.05) is 18.6 Å². The van der Waals surface area contributed by atoms with Gasteiger partial charge in [0.25, 0.3) is 0 Å². The molecule has 6 heteroatoms. The Bertz CT molecular complexity index is 696. The van der Waals surface area contributed by atoms with Crippen LogP contribution in [0.15, 0.2) is 36.7 Å². The van der Waals surface area contributed by atoms with Gasteiger partial charge in [-0.05, 0) is 37.9 Å². The smallest absolute Gasteiger partial charge is 0.335 e. The average Bonchev–Trinajstić information content (AvgIpc) is 3.10. The zero-order chi connectivity index (χ0) is 17.6. The van der Waals surface area contributed by atoms with Crippen LogP contribution in [0, 0.1) is 0 Å². The van der Waals surface area contributed by atoms with E-state index in [1.54, 1.807) is 30.5 Å². The molecule has 1 fully saturated rings. The van der Waals surface area contributed by atoms with E-state index in [4.69, 9.17) is 5.11 Å². The maximum atomic E-state index is 11.0. The van der Waals surface area contributed by atoms with Crippen LogP contribution in [0.1, 0.15) is 36.0 Å². The number of likely N-dealkylation sites (tertiary alicyclic amines) is 1. The van der Waals surface area contributed by atoms with Gasteiger partial charge < -0.3 is 14.8 Å². The summed E-state index contributed by atoms with van der Waals surface area (Å²) in [5.74, 6) is -0.0656. The van der Waals surface area contributed by atoms with Crippen molar-refractivity contribution in [2.75, 3.05) is 19.7 Å². The molecule has 1 aliphatic heterocycles. The highest BCUT2D eigenvalue weighted by Gasteiger charge is 2.20. The Balaban J connectivity index is 1.61. The fourth-order valence-electron chi connectivity index (χ4n) is 3.52. The molecule has 25 heavy (non-hydrogen) atoms. The minimum absolute atomic E-state index is 0.242. The summed E-state index contributed by atoms with van der Waals surface area (Å²) in [7, 11) is 0. The molecule has 1 saturated heterocycles. The van der Waals surface area contributed by atoms with Crippen LogP contribution in [-0.2, 0) is 6.54 Å². The highest BCUT2D eigenvalue weighted by molar-refractivity contribution is 5.88. The number of piperidine rings is 1. The third kappa shape index (κ3) is 4.27. The Morgan fingerprint density at radius 1 is 1.20 bits per heavy atom. The van der Waals surface area contributed by atoms with Crippen molar-refractivity contribution < 1.29 is 15.0 Å². The lowest BCUT2D eigenvalue weighted by atomic mass is 10.0. The molecule has 1 aromatic heterocycles. The van der Waals surface area contributed by atoms with E-state index in [-0.39, 0.29) is 12.2 Å². The van der Waals surface area contributed by atoms with Crippen LogP contribution >= 0.6 is 0 Å². The molecule has 0 amide bonds. The lowest BCUT2D eigenvalue weighted by Crippen LogP contribution is -2.42. The number of aryl methyl sites for hydroxylation is 1. The van der Waals surface area contributed by atoms with Gasteiger partial charge >= 0.3 is 5.97 Å². The van der Waals surface area contributed by atoms with E-state index in [2.05, 4.69) is 14.5 Å². The molecule has 3 rings (SSSR count). The summed E-state index contributed by atoms with van der Waals surface area (Å²) in [4.78, 5) is 17.8. The number of imidazole rings is 1. The van der Waals surface area contributed by atoms with Crippen molar-refractivity contribution in [2.45, 2.75) is 38.3 Å². The maximum absolute atomic E-state index is 11.0. The van der Waals surface area contributed by atoms with Crippen molar-refractivity contribution in [3.8, 4) is 11.4 Å². The molecule has 2 N–H and O–H groups in total. The summed E-state index contributed by atoms with van der Waals surface area (Å²) >= 11 is 0. The lowest BCUT2D eigenvalue weighted by Gasteiger charge is -2.34. The summed E-state index contributed by atoms with van der Waals surface area (Å²) in [6, 6.07) is 7.12. The molecular formula is C19H25N3O3. The van der Waals surface area contributed by atoms with Gasteiger partial charge in [-0.3, -0.25) is 4.90 Å². The first-order valence-corrected chi connectivity index (χ1v) is 8.89. The summed E-state index contributed by atoms with van der Waals surface area (Å²) < 4.78 is 2.10. The normalized spacial score (nSPS) is 18.4. The number of hydrogen-bond acceptors (Lipinski definition) is 4. The quantitative estimate of drug-likeness (QED) is 0.807. The monoisotopic (exact) mass is 343 g/mol. The zero-order valence-electron chi connectivity index (χ0n) is 14.3. The van der Waals surface area contributed by atoms with E-state index in [1.165, 1.54) is 12.8 Å². The van der Waals surface area contributed by atoms with Crippen molar-refractivity contribution >= 4 is 5.97 Å². The molecule has 0 saturated carbocycles. The van der Waals surface area contributed by atoms with E-state index >= 15 is 0 Å². The van der Waals surface area contributed by atoms with E-state index in [0.717, 1.165) is 43.9 Å². The highest BCUT2D eigenvalue weighted by Crippen LogP contribution is 2.20. The molecule has 0 radical (unpaired) electrons. The molecular weight excluding hydrogens is 318 g/mol. The zero-order valence-corrected chi connectivity index (χ0v) is 14.3. The number of nitrogens with zero attached hydrogens (tertiary/aromatic N) is 3. The summed E-state index contributed by atoms with van der Waals surface area (Å²) in [6.45, 7) is 3.14. The van der Waals surface area contributed by atoms with Gasteiger partial charge in [0, 0.05) is 37.1 Å². The van der Waals surface area contributed by atoms with Crippen molar-refractivity contribution in [2.24, 2.45) is 0 Å². The number of aromatic nitrogens is 2. The second-order valence-electron chi connectivity index (χ2n) is 6.55. The van der Waals surface area contributed by atoms with Crippen molar-refractivity contribution in [1.29, 1.82) is 0 Å². The number of carbonyl (C=O) groups is 1. The molecule has 1 atom stereocenters. The SMILES string of the molecule is O=C(O)c1ccc(-c2nccn2CCCN2CCCC[C@@H]2CO)cc1. The van der Waals surface area contributed by atoms with E-state index in [9.17, 15) is 9.90 Å². The summed E-state index contributed by atoms with van der Waals surface area (Å²) in [5, 5.41) is 18.5. The predicted octanol–water partition coefficient (Wildman–Crippen LogP) is 2.49. The lowest BCUT2D eigenvalue weighted by molar-refractivity contribution is 0.0697. The molecule has 2 heterocycles. The first kappa shape index (κ1) is 17.6. The number of benzene rings is 1. The van der Waals surface area contributed by atoms with Crippen LogP contribution in [0.2, 0.25) is 0 Å². The van der Waals surface area contributed by atoms with Crippen LogP contribution in [0.3, 0.4) is 0 Å². The molecule has 6 nitrogen and oxygen atoms in total. The van der Waals surface area contributed by atoms with Gasteiger partial charge in [-0.15, -0.1) is 0 Å². The number of carboxylic acids is 1. The summed E-state index contributed by atoms with van der Waals surface area (Å²) in [5.41, 5.74) is 1.20. The van der Waals surface area contributed by atoms with Crippen LogP contribution < -0.4 is 0 Å². The van der Waals surface area contributed by atoms with Crippen LogP contribution in [0.25, 0.3) is 11.4 Å². The van der Waals surface area contributed by atoms with Gasteiger partial charge in [-0.25, -0.2) is 9.78 Å². The van der Waals surface area contributed by atoms with E-state index < -0.39 is 5.97 Å². The van der Waals surface area contributed by atoms with Crippen molar-refractivity contribution in [3.05, 3.63) is 42.2 Å². The number of rotatable bonds is 7. The van der Waals surface area contributed by atoms with Crippen LogP contribution in [0.4, 0.5) is 0 Å². The van der Waals surface area contributed by atoms with Crippen molar-refractivity contribution in [3.63, 3.8) is 0 Å². The van der Waals surface area contributed by atoms with Gasteiger partial charge in [0.15, 0.2) is 0 Å². The van der Waals surface area contributed by atoms with Crippen LogP contribution in [0.5, 0.6) is 0 Å². The summed E-state index contributed by atoms with van der Waals surface area (Å²) in [6.07, 6.45) is 8.23. The Labute approximate surface area is 147 Å². The molecule has 2 aromatic rings. The van der Waals surface area contributed by atoms with Gasteiger partial charge in [-0.2, -0.15) is 0 Å². The second kappa shape index (κ2) is 8.27. The third-order valence-corrected chi connectivity index (χ3v) is 4.91. The number of aliphatic hydroxyl groups excluding tert-OH is 1. The van der Waals surface area contributed by atoms with Gasteiger partial charge in [0.2, 0.25) is 0 Å². The molecule has 134 valence electrons. The Morgan fingerprint density at radius 3 is 2.72 bits per heavy atom. The second-order valence-corrected chi connectivity index (χ2v) is 6.55. The molecule has 1 aliphatic rings. The Morgan fingerprint density at radius 2 is 2.00 bits per heavy atom. The predicted molar refractivity (Wildman–Crippen MR) is 95.5 cm³/mol. The molecule has 0 aliphatic carbocycles. The van der Waals surface area contributed by atoms with E-state index in [1.807, 2.05) is 6.20 Å². The van der Waals surface area contributed by atoms with Gasteiger partial charge in [0.05, 0.1) is 12.2 Å². The number of aromatic carboxylic acids is 1. The maximum Gasteiger partial charge on any atom is 0.335 e. The fraction of sp³-hybridized carbons (Fsp3) is 0.474. The van der Waals surface area contributed by atoms with Crippen LogP contribution in [-0.4, -0.2) is 56.4 Å². The van der Waals surface area contributed by atoms with Gasteiger partial charge in [0.1, 0.15) is 5.82 Å². The van der Waals surface area contributed by atoms with Crippen molar-refractivity contribution in [1.82, 2.24) is 14.5 Å². The number of hydrogen-bond donors (Lipinski definition) is 2. The highest BCUT2D eigenvalue weighted by atomic mass is 16.4. The fourth-order valence-corrected chi connectivity index (χ4v) is 3.52. The minimum Gasteiger partial charge on any atom is -0.478 e.